The van der Waals surface area contributed by atoms with E-state index in [2.05, 4.69) is 27.8 Å². The molecular formula is C13H15BrO2. The number of aliphatic hydroxyl groups is 1. The van der Waals surface area contributed by atoms with Crippen molar-refractivity contribution in [2.45, 2.75) is 25.9 Å². The van der Waals surface area contributed by atoms with E-state index in [0.29, 0.717) is 12.8 Å². The molecule has 0 aliphatic heterocycles. The first-order valence-electron chi connectivity index (χ1n) is 5.10. The minimum absolute atomic E-state index is 0.469. The summed E-state index contributed by atoms with van der Waals surface area (Å²) in [5.74, 6) is 6.52. The Morgan fingerprint density at radius 3 is 2.81 bits per heavy atom. The molecule has 1 unspecified atom stereocenters. The van der Waals surface area contributed by atoms with E-state index in [1.807, 2.05) is 18.2 Å². The topological polar surface area (TPSA) is 29.5 Å². The van der Waals surface area contributed by atoms with Gasteiger partial charge in [0.25, 0.3) is 0 Å². The van der Waals surface area contributed by atoms with Crippen molar-refractivity contribution >= 4 is 15.9 Å². The molecule has 1 rings (SSSR count). The zero-order valence-electron chi connectivity index (χ0n) is 9.46. The van der Waals surface area contributed by atoms with E-state index in [0.717, 1.165) is 15.8 Å². The van der Waals surface area contributed by atoms with Crippen molar-refractivity contribution in [1.29, 1.82) is 0 Å². The van der Waals surface area contributed by atoms with Crippen LogP contribution in [0.4, 0.5) is 0 Å². The van der Waals surface area contributed by atoms with E-state index >= 15 is 0 Å². The average Bonchev–Trinajstić information content (AvgIpc) is 2.29. The number of ether oxygens (including phenoxy) is 1. The molecule has 16 heavy (non-hydrogen) atoms. The second-order valence-electron chi connectivity index (χ2n) is 3.38. The van der Waals surface area contributed by atoms with Crippen LogP contribution in [0.3, 0.4) is 0 Å². The SMILES string of the molecule is CC#CCCC(O)c1ccc(OC)c(Br)c1. The van der Waals surface area contributed by atoms with Gasteiger partial charge in [0.2, 0.25) is 0 Å². The number of halogens is 1. The Labute approximate surface area is 105 Å². The predicted molar refractivity (Wildman–Crippen MR) is 68.3 cm³/mol. The molecule has 0 radical (unpaired) electrons. The first-order chi connectivity index (χ1) is 7.69. The lowest BCUT2D eigenvalue weighted by Gasteiger charge is -2.11. The zero-order chi connectivity index (χ0) is 12.0. The highest BCUT2D eigenvalue weighted by atomic mass is 79.9. The molecule has 0 amide bonds. The Morgan fingerprint density at radius 2 is 2.25 bits per heavy atom. The molecule has 0 saturated carbocycles. The Balaban J connectivity index is 2.71. The summed E-state index contributed by atoms with van der Waals surface area (Å²) in [5, 5.41) is 9.91. The van der Waals surface area contributed by atoms with E-state index in [1.54, 1.807) is 14.0 Å². The van der Waals surface area contributed by atoms with Gasteiger partial charge in [-0.15, -0.1) is 11.8 Å². The highest BCUT2D eigenvalue weighted by Gasteiger charge is 2.09. The van der Waals surface area contributed by atoms with Crippen LogP contribution in [0, 0.1) is 11.8 Å². The highest BCUT2D eigenvalue weighted by Crippen LogP contribution is 2.29. The van der Waals surface area contributed by atoms with Gasteiger partial charge >= 0.3 is 0 Å². The van der Waals surface area contributed by atoms with Gasteiger partial charge in [-0.2, -0.15) is 0 Å². The van der Waals surface area contributed by atoms with Crippen molar-refractivity contribution in [3.8, 4) is 17.6 Å². The van der Waals surface area contributed by atoms with E-state index < -0.39 is 6.10 Å². The van der Waals surface area contributed by atoms with Gasteiger partial charge in [0, 0.05) is 6.42 Å². The summed E-state index contributed by atoms with van der Waals surface area (Å²) in [6, 6.07) is 5.59. The summed E-state index contributed by atoms with van der Waals surface area (Å²) in [5.41, 5.74) is 0.880. The Bertz CT molecular complexity index is 404. The molecule has 3 heteroatoms. The lowest BCUT2D eigenvalue weighted by Crippen LogP contribution is -1.97. The van der Waals surface area contributed by atoms with Gasteiger partial charge in [-0.25, -0.2) is 0 Å². The number of hydrogen-bond donors (Lipinski definition) is 1. The quantitative estimate of drug-likeness (QED) is 0.859. The zero-order valence-corrected chi connectivity index (χ0v) is 11.0. The van der Waals surface area contributed by atoms with Crippen LogP contribution in [-0.2, 0) is 0 Å². The summed E-state index contributed by atoms with van der Waals surface area (Å²) >= 11 is 3.39. The maximum Gasteiger partial charge on any atom is 0.133 e. The van der Waals surface area contributed by atoms with Gasteiger partial charge < -0.3 is 9.84 Å². The van der Waals surface area contributed by atoms with Crippen molar-refractivity contribution in [2.24, 2.45) is 0 Å². The second kappa shape index (κ2) is 6.57. The molecule has 1 N–H and O–H groups in total. The number of hydrogen-bond acceptors (Lipinski definition) is 2. The molecule has 2 nitrogen and oxygen atoms in total. The first-order valence-corrected chi connectivity index (χ1v) is 5.89. The number of benzene rings is 1. The molecule has 1 aromatic rings. The van der Waals surface area contributed by atoms with Crippen LogP contribution >= 0.6 is 15.9 Å². The Morgan fingerprint density at radius 1 is 1.50 bits per heavy atom. The van der Waals surface area contributed by atoms with Crippen LogP contribution in [0.25, 0.3) is 0 Å². The molecular weight excluding hydrogens is 268 g/mol. The third-order valence-corrected chi connectivity index (χ3v) is 2.90. The predicted octanol–water partition coefficient (Wildman–Crippen LogP) is 3.29. The van der Waals surface area contributed by atoms with Crippen molar-refractivity contribution in [1.82, 2.24) is 0 Å². The lowest BCUT2D eigenvalue weighted by atomic mass is 10.1. The lowest BCUT2D eigenvalue weighted by molar-refractivity contribution is 0.169. The summed E-state index contributed by atoms with van der Waals surface area (Å²) in [6.45, 7) is 1.80. The van der Waals surface area contributed by atoms with Gasteiger partial charge in [-0.3, -0.25) is 0 Å². The fourth-order valence-electron chi connectivity index (χ4n) is 1.39. The molecule has 0 aliphatic rings. The molecule has 0 spiro atoms. The molecule has 0 bridgehead atoms. The molecule has 0 aliphatic carbocycles. The first kappa shape index (κ1) is 13.1. The standard InChI is InChI=1S/C13H15BrO2/c1-3-4-5-6-12(15)10-7-8-13(16-2)11(14)9-10/h7-9,12,15H,5-6H2,1-2H3. The maximum absolute atomic E-state index is 9.91. The van der Waals surface area contributed by atoms with Gasteiger partial charge in [0.1, 0.15) is 5.75 Å². The molecule has 1 aromatic carbocycles. The van der Waals surface area contributed by atoms with E-state index in [1.165, 1.54) is 0 Å². The van der Waals surface area contributed by atoms with Crippen molar-refractivity contribution in [3.63, 3.8) is 0 Å². The van der Waals surface area contributed by atoms with Crippen LogP contribution in [-0.4, -0.2) is 12.2 Å². The minimum Gasteiger partial charge on any atom is -0.496 e. The average molecular weight is 283 g/mol. The minimum atomic E-state index is -0.469. The van der Waals surface area contributed by atoms with Crippen LogP contribution < -0.4 is 4.74 Å². The fraction of sp³-hybridized carbons (Fsp3) is 0.385. The smallest absolute Gasteiger partial charge is 0.133 e. The Hall–Kier alpha value is -0.980. The monoisotopic (exact) mass is 282 g/mol. The van der Waals surface area contributed by atoms with Gasteiger partial charge in [0.15, 0.2) is 0 Å². The molecule has 0 aromatic heterocycles. The normalized spacial score (nSPS) is 11.5. The third-order valence-electron chi connectivity index (χ3n) is 2.28. The Kier molecular flexibility index (Phi) is 5.37. The van der Waals surface area contributed by atoms with E-state index in [-0.39, 0.29) is 0 Å². The largest absolute Gasteiger partial charge is 0.496 e. The molecule has 1 atom stereocenters. The number of methoxy groups -OCH3 is 1. The van der Waals surface area contributed by atoms with Crippen molar-refractivity contribution < 1.29 is 9.84 Å². The molecule has 0 saturated heterocycles. The second-order valence-corrected chi connectivity index (χ2v) is 4.23. The maximum atomic E-state index is 9.91. The summed E-state index contributed by atoms with van der Waals surface area (Å²) < 4.78 is 5.98. The number of aliphatic hydroxyl groups excluding tert-OH is 1. The summed E-state index contributed by atoms with van der Waals surface area (Å²) in [7, 11) is 1.62. The molecule has 0 heterocycles. The third kappa shape index (κ3) is 3.55. The van der Waals surface area contributed by atoms with Gasteiger partial charge in [-0.05, 0) is 47.0 Å². The van der Waals surface area contributed by atoms with E-state index in [4.69, 9.17) is 4.74 Å². The van der Waals surface area contributed by atoms with Crippen LogP contribution in [0.1, 0.15) is 31.4 Å². The van der Waals surface area contributed by atoms with Crippen molar-refractivity contribution in [2.75, 3.05) is 7.11 Å². The van der Waals surface area contributed by atoms with Crippen LogP contribution in [0.5, 0.6) is 5.75 Å². The van der Waals surface area contributed by atoms with Crippen LogP contribution in [0.2, 0.25) is 0 Å². The van der Waals surface area contributed by atoms with Crippen molar-refractivity contribution in [3.05, 3.63) is 28.2 Å². The summed E-state index contributed by atoms with van der Waals surface area (Å²) in [4.78, 5) is 0. The van der Waals surface area contributed by atoms with Gasteiger partial charge in [0.05, 0.1) is 17.7 Å². The fourth-order valence-corrected chi connectivity index (χ4v) is 1.95. The molecule has 86 valence electrons. The number of rotatable bonds is 4. The summed E-state index contributed by atoms with van der Waals surface area (Å²) in [6.07, 6.45) is 0.893. The van der Waals surface area contributed by atoms with Crippen LogP contribution in [0.15, 0.2) is 22.7 Å². The molecule has 0 fully saturated rings. The highest BCUT2D eigenvalue weighted by molar-refractivity contribution is 9.10. The van der Waals surface area contributed by atoms with Gasteiger partial charge in [-0.1, -0.05) is 6.07 Å². The van der Waals surface area contributed by atoms with E-state index in [9.17, 15) is 5.11 Å².